The van der Waals surface area contributed by atoms with E-state index in [9.17, 15) is 0 Å². The molecule has 8 aromatic carbocycles. The molecule has 0 N–H and O–H groups in total. The number of furan rings is 2. The highest BCUT2D eigenvalue weighted by atomic mass is 16.3. The van der Waals surface area contributed by atoms with Crippen LogP contribution in [0.4, 0.5) is 0 Å². The van der Waals surface area contributed by atoms with Crippen LogP contribution in [0.2, 0.25) is 0 Å². The van der Waals surface area contributed by atoms with E-state index in [-0.39, 0.29) is 0 Å². The number of para-hydroxylation sites is 3. The molecule has 266 valence electrons. The number of nitrogens with zero attached hydrogens (tertiary/aromatic N) is 4. The summed E-state index contributed by atoms with van der Waals surface area (Å²) in [5, 5.41) is 6.77. The Labute approximate surface area is 325 Å². The van der Waals surface area contributed by atoms with Gasteiger partial charge in [-0.15, -0.1) is 0 Å². The standard InChI is InChI=1S/C51H30N4O2/c1-2-10-31(11-3-1)49-52-50(32-18-23-36(24-19-32)55-43-15-7-4-12-37(43)38-13-5-8-16-44(38)55)54-51(53-49)35-20-25-40-42-29-34(22-27-47(42)57-48(40)30-35)33-21-26-46-41(28-33)39-14-6-9-17-45(39)56-46/h1-30H. The zero-order chi connectivity index (χ0) is 37.5. The topological polar surface area (TPSA) is 69.9 Å². The van der Waals surface area contributed by atoms with Crippen LogP contribution in [0, 0.1) is 0 Å². The van der Waals surface area contributed by atoms with Gasteiger partial charge >= 0.3 is 0 Å². The van der Waals surface area contributed by atoms with Gasteiger partial charge in [-0.1, -0.05) is 103 Å². The zero-order valence-electron chi connectivity index (χ0n) is 30.4. The van der Waals surface area contributed by atoms with E-state index in [1.165, 1.54) is 21.8 Å². The van der Waals surface area contributed by atoms with Gasteiger partial charge in [0, 0.05) is 54.7 Å². The largest absolute Gasteiger partial charge is 0.456 e. The molecule has 0 aliphatic heterocycles. The maximum atomic E-state index is 6.47. The summed E-state index contributed by atoms with van der Waals surface area (Å²) in [7, 11) is 0. The predicted molar refractivity (Wildman–Crippen MR) is 230 cm³/mol. The Kier molecular flexibility index (Phi) is 6.83. The second-order valence-electron chi connectivity index (χ2n) is 14.4. The highest BCUT2D eigenvalue weighted by Crippen LogP contribution is 2.38. The first-order chi connectivity index (χ1) is 28.2. The van der Waals surface area contributed by atoms with Crippen LogP contribution in [0.1, 0.15) is 0 Å². The van der Waals surface area contributed by atoms with E-state index in [2.05, 4.69) is 132 Å². The second-order valence-corrected chi connectivity index (χ2v) is 14.4. The van der Waals surface area contributed by atoms with Gasteiger partial charge in [0.1, 0.15) is 22.3 Å². The van der Waals surface area contributed by atoms with Gasteiger partial charge in [0.15, 0.2) is 17.5 Å². The molecule has 0 unspecified atom stereocenters. The number of aromatic nitrogens is 4. The van der Waals surface area contributed by atoms with E-state index in [1.807, 2.05) is 54.6 Å². The van der Waals surface area contributed by atoms with Crippen molar-refractivity contribution in [3.8, 4) is 51.0 Å². The van der Waals surface area contributed by atoms with Crippen LogP contribution in [-0.4, -0.2) is 19.5 Å². The molecule has 0 radical (unpaired) electrons. The van der Waals surface area contributed by atoms with Gasteiger partial charge in [0.25, 0.3) is 0 Å². The first-order valence-electron chi connectivity index (χ1n) is 19.0. The number of benzene rings is 8. The van der Waals surface area contributed by atoms with E-state index in [1.54, 1.807) is 0 Å². The fraction of sp³-hybridized carbons (Fsp3) is 0. The monoisotopic (exact) mass is 730 g/mol. The Hall–Kier alpha value is -7.83. The van der Waals surface area contributed by atoms with Crippen LogP contribution in [0.25, 0.3) is 117 Å². The van der Waals surface area contributed by atoms with Crippen molar-refractivity contribution in [3.63, 3.8) is 0 Å². The van der Waals surface area contributed by atoms with E-state index < -0.39 is 0 Å². The molecule has 0 atom stereocenters. The lowest BCUT2D eigenvalue weighted by molar-refractivity contribution is 0.668. The number of fused-ring (bicyclic) bond motifs is 9. The fourth-order valence-electron chi connectivity index (χ4n) is 8.31. The lowest BCUT2D eigenvalue weighted by atomic mass is 10.0. The summed E-state index contributed by atoms with van der Waals surface area (Å²) in [6.07, 6.45) is 0. The molecule has 12 rings (SSSR count). The molecule has 0 bridgehead atoms. The third-order valence-electron chi connectivity index (χ3n) is 11.1. The molecule has 0 amide bonds. The molecule has 0 saturated carbocycles. The average Bonchev–Trinajstić information content (AvgIpc) is 3.95. The summed E-state index contributed by atoms with van der Waals surface area (Å²) in [5.74, 6) is 1.79. The van der Waals surface area contributed by atoms with E-state index >= 15 is 0 Å². The maximum absolute atomic E-state index is 6.47. The first kappa shape index (κ1) is 31.5. The Morgan fingerprint density at radius 3 is 1.40 bits per heavy atom. The van der Waals surface area contributed by atoms with Gasteiger partial charge in [0.2, 0.25) is 0 Å². The van der Waals surface area contributed by atoms with Gasteiger partial charge in [0.05, 0.1) is 11.0 Å². The molecule has 57 heavy (non-hydrogen) atoms. The van der Waals surface area contributed by atoms with Crippen LogP contribution < -0.4 is 0 Å². The maximum Gasteiger partial charge on any atom is 0.164 e. The molecule has 4 aromatic heterocycles. The third kappa shape index (κ3) is 5.08. The van der Waals surface area contributed by atoms with Gasteiger partial charge in [-0.3, -0.25) is 0 Å². The summed E-state index contributed by atoms with van der Waals surface area (Å²) in [5.41, 5.74) is 11.7. The van der Waals surface area contributed by atoms with E-state index in [0.29, 0.717) is 17.5 Å². The molecule has 0 aliphatic rings. The molecule has 0 aliphatic carbocycles. The van der Waals surface area contributed by atoms with Crippen LogP contribution >= 0.6 is 0 Å². The third-order valence-corrected chi connectivity index (χ3v) is 11.1. The van der Waals surface area contributed by atoms with Crippen molar-refractivity contribution in [1.29, 1.82) is 0 Å². The normalized spacial score (nSPS) is 11.9. The smallest absolute Gasteiger partial charge is 0.164 e. The summed E-state index contributed by atoms with van der Waals surface area (Å²) in [6.45, 7) is 0. The first-order valence-corrected chi connectivity index (χ1v) is 19.0. The van der Waals surface area contributed by atoms with Crippen molar-refractivity contribution in [3.05, 3.63) is 182 Å². The molecule has 0 fully saturated rings. The predicted octanol–water partition coefficient (Wildman–Crippen LogP) is 13.4. The fourth-order valence-corrected chi connectivity index (χ4v) is 8.31. The molecule has 4 heterocycles. The van der Waals surface area contributed by atoms with Gasteiger partial charge in [-0.05, 0) is 90.0 Å². The SMILES string of the molecule is c1ccc(-c2nc(-c3ccc(-n4c5ccccc5c5ccccc54)cc3)nc(-c3ccc4c(c3)oc3ccc(-c5ccc6oc7ccccc7c6c5)cc34)n2)cc1. The highest BCUT2D eigenvalue weighted by Gasteiger charge is 2.17. The van der Waals surface area contributed by atoms with Gasteiger partial charge < -0.3 is 13.4 Å². The van der Waals surface area contributed by atoms with Crippen molar-refractivity contribution in [2.75, 3.05) is 0 Å². The number of hydrogen-bond acceptors (Lipinski definition) is 5. The van der Waals surface area contributed by atoms with Crippen LogP contribution in [0.5, 0.6) is 0 Å². The molecular formula is C51H30N4O2. The molecule has 6 nitrogen and oxygen atoms in total. The lowest BCUT2D eigenvalue weighted by Crippen LogP contribution is -2.00. The lowest BCUT2D eigenvalue weighted by Gasteiger charge is -2.11. The summed E-state index contributed by atoms with van der Waals surface area (Å²) in [6, 6.07) is 62.8. The van der Waals surface area contributed by atoms with E-state index in [0.717, 1.165) is 77.4 Å². The van der Waals surface area contributed by atoms with Crippen LogP contribution in [-0.2, 0) is 0 Å². The summed E-state index contributed by atoms with van der Waals surface area (Å²) < 4.78 is 14.9. The minimum Gasteiger partial charge on any atom is -0.456 e. The van der Waals surface area contributed by atoms with E-state index in [4.69, 9.17) is 23.8 Å². The molecule has 6 heteroatoms. The molecular weight excluding hydrogens is 701 g/mol. The quantitative estimate of drug-likeness (QED) is 0.176. The Bertz CT molecular complexity index is 3470. The summed E-state index contributed by atoms with van der Waals surface area (Å²) >= 11 is 0. The molecule has 0 saturated heterocycles. The minimum absolute atomic E-state index is 0.578. The van der Waals surface area contributed by atoms with Crippen molar-refractivity contribution < 1.29 is 8.83 Å². The summed E-state index contributed by atoms with van der Waals surface area (Å²) in [4.78, 5) is 15.1. The van der Waals surface area contributed by atoms with Crippen LogP contribution in [0.15, 0.2) is 191 Å². The second kappa shape index (κ2) is 12.3. The van der Waals surface area contributed by atoms with Crippen LogP contribution in [0.3, 0.4) is 0 Å². The minimum atomic E-state index is 0.578. The van der Waals surface area contributed by atoms with Crippen molar-refractivity contribution in [2.24, 2.45) is 0 Å². The van der Waals surface area contributed by atoms with Crippen molar-refractivity contribution in [1.82, 2.24) is 19.5 Å². The number of rotatable bonds is 5. The average molecular weight is 731 g/mol. The Morgan fingerprint density at radius 1 is 0.298 bits per heavy atom. The van der Waals surface area contributed by atoms with Crippen molar-refractivity contribution in [2.45, 2.75) is 0 Å². The molecule has 12 aromatic rings. The zero-order valence-corrected chi connectivity index (χ0v) is 30.4. The van der Waals surface area contributed by atoms with Gasteiger partial charge in [-0.2, -0.15) is 0 Å². The molecule has 0 spiro atoms. The number of hydrogen-bond donors (Lipinski definition) is 0. The Balaban J connectivity index is 0.943. The van der Waals surface area contributed by atoms with Crippen molar-refractivity contribution >= 4 is 65.7 Å². The highest BCUT2D eigenvalue weighted by molar-refractivity contribution is 6.10. The Morgan fingerprint density at radius 2 is 0.754 bits per heavy atom. The van der Waals surface area contributed by atoms with Gasteiger partial charge in [-0.25, -0.2) is 15.0 Å².